The Morgan fingerprint density at radius 3 is 2.62 bits per heavy atom. The van der Waals surface area contributed by atoms with Gasteiger partial charge in [-0.05, 0) is 12.5 Å². The molecule has 0 bridgehead atoms. The van der Waals surface area contributed by atoms with E-state index in [0.717, 1.165) is 18.5 Å². The summed E-state index contributed by atoms with van der Waals surface area (Å²) in [6.45, 7) is 3.22. The molecular formula is C6H11NO. The first-order valence-electron chi connectivity index (χ1n) is 2.88. The largest absolute Gasteiger partial charge is 0.392 e. The van der Waals surface area contributed by atoms with Crippen molar-refractivity contribution in [2.45, 2.75) is 13.3 Å². The van der Waals surface area contributed by atoms with E-state index in [1.165, 1.54) is 5.70 Å². The minimum absolute atomic E-state index is 0.197. The van der Waals surface area contributed by atoms with Gasteiger partial charge >= 0.3 is 0 Å². The smallest absolute Gasteiger partial charge is 0.0658 e. The molecule has 0 aromatic heterocycles. The fourth-order valence-corrected chi connectivity index (χ4v) is 0.710. The van der Waals surface area contributed by atoms with Crippen LogP contribution in [0.4, 0.5) is 0 Å². The molecular weight excluding hydrogens is 102 g/mol. The van der Waals surface area contributed by atoms with Crippen LogP contribution in [0.5, 0.6) is 0 Å². The Balaban J connectivity index is 2.47. The highest BCUT2D eigenvalue weighted by Gasteiger charge is 2.08. The monoisotopic (exact) mass is 113 g/mol. The standard InChI is InChI=1S/C6H11NO/c1-5(4-8)6-2-3-7-6/h7-8H,2-4H2,1H3/b6-5-. The van der Waals surface area contributed by atoms with E-state index in [9.17, 15) is 0 Å². The number of aliphatic hydroxyl groups excluding tert-OH is 1. The van der Waals surface area contributed by atoms with Crippen molar-refractivity contribution < 1.29 is 5.11 Å². The first-order valence-corrected chi connectivity index (χ1v) is 2.88. The van der Waals surface area contributed by atoms with Gasteiger partial charge in [-0.2, -0.15) is 0 Å². The number of nitrogens with one attached hydrogen (secondary N) is 1. The number of hydrogen-bond acceptors (Lipinski definition) is 2. The fourth-order valence-electron chi connectivity index (χ4n) is 0.710. The number of hydrogen-bond donors (Lipinski definition) is 2. The van der Waals surface area contributed by atoms with E-state index in [1.54, 1.807) is 0 Å². The van der Waals surface area contributed by atoms with Crippen molar-refractivity contribution in [3.8, 4) is 0 Å². The second-order valence-corrected chi connectivity index (χ2v) is 2.09. The molecule has 0 saturated carbocycles. The second kappa shape index (κ2) is 2.18. The summed E-state index contributed by atoms with van der Waals surface area (Å²) in [5.41, 5.74) is 2.31. The van der Waals surface area contributed by atoms with Gasteiger partial charge in [0.2, 0.25) is 0 Å². The summed E-state index contributed by atoms with van der Waals surface area (Å²) in [5, 5.41) is 11.7. The van der Waals surface area contributed by atoms with Crippen LogP contribution >= 0.6 is 0 Å². The highest BCUT2D eigenvalue weighted by atomic mass is 16.3. The number of aliphatic hydroxyl groups is 1. The lowest BCUT2D eigenvalue weighted by atomic mass is 10.1. The molecule has 0 aromatic rings. The molecule has 1 aliphatic rings. The minimum atomic E-state index is 0.197. The maximum Gasteiger partial charge on any atom is 0.0658 e. The summed E-state index contributed by atoms with van der Waals surface area (Å²) in [6, 6.07) is 0. The average molecular weight is 113 g/mol. The van der Waals surface area contributed by atoms with Crippen LogP contribution in [0.2, 0.25) is 0 Å². The Kier molecular flexibility index (Phi) is 1.53. The van der Waals surface area contributed by atoms with Gasteiger partial charge in [0.25, 0.3) is 0 Å². The van der Waals surface area contributed by atoms with Gasteiger partial charge in [-0.15, -0.1) is 0 Å². The van der Waals surface area contributed by atoms with Crippen molar-refractivity contribution in [3.05, 3.63) is 11.3 Å². The van der Waals surface area contributed by atoms with Crippen LogP contribution in [0.1, 0.15) is 13.3 Å². The Hall–Kier alpha value is -0.500. The first kappa shape index (κ1) is 5.63. The fraction of sp³-hybridized carbons (Fsp3) is 0.667. The molecule has 0 aliphatic carbocycles. The summed E-state index contributed by atoms with van der Waals surface area (Å²) in [6.07, 6.45) is 1.12. The van der Waals surface area contributed by atoms with E-state index in [-0.39, 0.29) is 6.61 Å². The van der Waals surface area contributed by atoms with E-state index in [0.29, 0.717) is 0 Å². The van der Waals surface area contributed by atoms with Crippen molar-refractivity contribution in [1.29, 1.82) is 0 Å². The van der Waals surface area contributed by atoms with Gasteiger partial charge < -0.3 is 10.4 Å². The minimum Gasteiger partial charge on any atom is -0.392 e. The van der Waals surface area contributed by atoms with Crippen molar-refractivity contribution in [1.82, 2.24) is 5.32 Å². The van der Waals surface area contributed by atoms with Crippen molar-refractivity contribution in [3.63, 3.8) is 0 Å². The van der Waals surface area contributed by atoms with Gasteiger partial charge in [0.05, 0.1) is 6.61 Å². The Morgan fingerprint density at radius 2 is 2.50 bits per heavy atom. The molecule has 0 aromatic carbocycles. The summed E-state index contributed by atoms with van der Waals surface area (Å²) >= 11 is 0. The normalized spacial score (nSPS) is 23.8. The molecule has 1 aliphatic heterocycles. The number of rotatable bonds is 1. The molecule has 0 amide bonds. The van der Waals surface area contributed by atoms with Crippen LogP contribution in [0.15, 0.2) is 11.3 Å². The van der Waals surface area contributed by atoms with Crippen LogP contribution in [0, 0.1) is 0 Å². The Labute approximate surface area is 49.2 Å². The van der Waals surface area contributed by atoms with Crippen molar-refractivity contribution in [2.75, 3.05) is 13.2 Å². The molecule has 1 heterocycles. The van der Waals surface area contributed by atoms with Crippen LogP contribution < -0.4 is 5.32 Å². The van der Waals surface area contributed by atoms with Gasteiger partial charge in [0.1, 0.15) is 0 Å². The highest BCUT2D eigenvalue weighted by Crippen LogP contribution is 2.10. The third kappa shape index (κ3) is 0.842. The molecule has 1 saturated heterocycles. The third-order valence-corrected chi connectivity index (χ3v) is 1.47. The zero-order chi connectivity index (χ0) is 5.98. The molecule has 2 nitrogen and oxygen atoms in total. The topological polar surface area (TPSA) is 32.3 Å². The summed E-state index contributed by atoms with van der Waals surface area (Å²) < 4.78 is 0. The maximum atomic E-state index is 8.57. The van der Waals surface area contributed by atoms with Crippen LogP contribution in [-0.2, 0) is 0 Å². The molecule has 2 N–H and O–H groups in total. The zero-order valence-corrected chi connectivity index (χ0v) is 5.07. The SMILES string of the molecule is C/C(CO)=C1\CCN1. The Bertz CT molecular complexity index is 106. The summed E-state index contributed by atoms with van der Waals surface area (Å²) in [7, 11) is 0. The molecule has 0 spiro atoms. The molecule has 1 fully saturated rings. The predicted molar refractivity (Wildman–Crippen MR) is 32.4 cm³/mol. The van der Waals surface area contributed by atoms with Crippen molar-refractivity contribution in [2.24, 2.45) is 0 Å². The van der Waals surface area contributed by atoms with Crippen molar-refractivity contribution >= 4 is 0 Å². The quantitative estimate of drug-likeness (QED) is 0.510. The Morgan fingerprint density at radius 1 is 1.88 bits per heavy atom. The van der Waals surface area contributed by atoms with E-state index < -0.39 is 0 Å². The van der Waals surface area contributed by atoms with Gasteiger partial charge in [-0.1, -0.05) is 0 Å². The van der Waals surface area contributed by atoms with Crippen LogP contribution in [-0.4, -0.2) is 18.3 Å². The first-order chi connectivity index (χ1) is 3.84. The lowest BCUT2D eigenvalue weighted by Gasteiger charge is -2.22. The van der Waals surface area contributed by atoms with Gasteiger partial charge in [-0.3, -0.25) is 0 Å². The molecule has 2 heteroatoms. The molecule has 1 rings (SSSR count). The lowest BCUT2D eigenvalue weighted by Crippen LogP contribution is -2.29. The van der Waals surface area contributed by atoms with Gasteiger partial charge in [0, 0.05) is 18.7 Å². The third-order valence-electron chi connectivity index (χ3n) is 1.47. The molecule has 0 unspecified atom stereocenters. The summed E-state index contributed by atoms with van der Waals surface area (Å²) in [4.78, 5) is 0. The van der Waals surface area contributed by atoms with Crippen LogP contribution in [0.3, 0.4) is 0 Å². The van der Waals surface area contributed by atoms with E-state index in [1.807, 2.05) is 6.92 Å². The van der Waals surface area contributed by atoms with Crippen LogP contribution in [0.25, 0.3) is 0 Å². The molecule has 0 atom stereocenters. The van der Waals surface area contributed by atoms with Gasteiger partial charge in [0.15, 0.2) is 0 Å². The molecule has 46 valence electrons. The maximum absolute atomic E-state index is 8.57. The molecule has 0 radical (unpaired) electrons. The zero-order valence-electron chi connectivity index (χ0n) is 5.07. The van der Waals surface area contributed by atoms with E-state index in [4.69, 9.17) is 5.11 Å². The second-order valence-electron chi connectivity index (χ2n) is 2.09. The van der Waals surface area contributed by atoms with E-state index >= 15 is 0 Å². The summed E-state index contributed by atoms with van der Waals surface area (Å²) in [5.74, 6) is 0. The van der Waals surface area contributed by atoms with Gasteiger partial charge in [-0.25, -0.2) is 0 Å². The highest BCUT2D eigenvalue weighted by molar-refractivity contribution is 5.16. The predicted octanol–water partition coefficient (Wildman–Crippen LogP) is 0.246. The lowest BCUT2D eigenvalue weighted by molar-refractivity contribution is 0.326. The van der Waals surface area contributed by atoms with E-state index in [2.05, 4.69) is 5.32 Å². The molecule has 8 heavy (non-hydrogen) atoms. The average Bonchev–Trinajstić information content (AvgIpc) is 1.62.